The van der Waals surface area contributed by atoms with Gasteiger partial charge in [-0.05, 0) is 43.0 Å². The lowest BCUT2D eigenvalue weighted by molar-refractivity contribution is -0.919. The largest absolute Gasteiger partial charge is 0.497 e. The molecule has 0 unspecified atom stereocenters. The minimum Gasteiger partial charge on any atom is -0.497 e. The summed E-state index contributed by atoms with van der Waals surface area (Å²) in [6, 6.07) is 8.36. The van der Waals surface area contributed by atoms with Gasteiger partial charge in [0.05, 0.1) is 20.2 Å². The van der Waals surface area contributed by atoms with Gasteiger partial charge in [0.25, 0.3) is 0 Å². The van der Waals surface area contributed by atoms with Gasteiger partial charge in [0.15, 0.2) is 0 Å². The standard InChI is InChI=1S/C20H30N2O2/c1-16-4-3-11-22(14-16)20(23)18-9-12-21(13-10-18)15-17-5-7-19(24-2)8-6-17/h5-8,16,18H,3-4,9-15H2,1-2H3/p+1/t16-/m0/s1. The number of piperidine rings is 2. The molecule has 4 nitrogen and oxygen atoms in total. The van der Waals surface area contributed by atoms with Crippen LogP contribution < -0.4 is 9.64 Å². The Balaban J connectivity index is 1.47. The third-order valence-electron chi connectivity index (χ3n) is 5.62. The topological polar surface area (TPSA) is 34.0 Å². The highest BCUT2D eigenvalue weighted by Gasteiger charge is 2.32. The van der Waals surface area contributed by atoms with Crippen molar-refractivity contribution in [3.63, 3.8) is 0 Å². The zero-order valence-electron chi connectivity index (χ0n) is 15.1. The number of benzene rings is 1. The molecule has 1 atom stereocenters. The molecule has 0 aliphatic carbocycles. The molecule has 2 fully saturated rings. The van der Waals surface area contributed by atoms with Crippen molar-refractivity contribution in [2.45, 2.75) is 39.2 Å². The van der Waals surface area contributed by atoms with E-state index < -0.39 is 0 Å². The summed E-state index contributed by atoms with van der Waals surface area (Å²) >= 11 is 0. The van der Waals surface area contributed by atoms with Gasteiger partial charge in [0, 0.05) is 37.4 Å². The Kier molecular flexibility index (Phi) is 5.77. The summed E-state index contributed by atoms with van der Waals surface area (Å²) in [7, 11) is 1.70. The number of hydrogen-bond donors (Lipinski definition) is 1. The fourth-order valence-corrected chi connectivity index (χ4v) is 4.13. The van der Waals surface area contributed by atoms with Crippen LogP contribution in [0.15, 0.2) is 24.3 Å². The predicted molar refractivity (Wildman–Crippen MR) is 95.1 cm³/mol. The molecule has 2 saturated heterocycles. The van der Waals surface area contributed by atoms with Crippen LogP contribution in [0.2, 0.25) is 0 Å². The molecule has 3 rings (SSSR count). The van der Waals surface area contributed by atoms with E-state index in [0.29, 0.717) is 11.8 Å². The monoisotopic (exact) mass is 331 g/mol. The first-order valence-electron chi connectivity index (χ1n) is 9.41. The van der Waals surface area contributed by atoms with Gasteiger partial charge < -0.3 is 14.5 Å². The van der Waals surface area contributed by atoms with E-state index in [1.54, 1.807) is 12.0 Å². The van der Waals surface area contributed by atoms with Gasteiger partial charge in [0.1, 0.15) is 12.3 Å². The first-order chi connectivity index (χ1) is 11.7. The fourth-order valence-electron chi connectivity index (χ4n) is 4.13. The van der Waals surface area contributed by atoms with Gasteiger partial charge in [0.2, 0.25) is 5.91 Å². The number of nitrogens with one attached hydrogen (secondary N) is 1. The van der Waals surface area contributed by atoms with Crippen LogP contribution in [0.3, 0.4) is 0 Å². The first kappa shape index (κ1) is 17.3. The third kappa shape index (κ3) is 4.29. The van der Waals surface area contributed by atoms with Gasteiger partial charge in [-0.25, -0.2) is 0 Å². The van der Waals surface area contributed by atoms with E-state index in [-0.39, 0.29) is 5.92 Å². The summed E-state index contributed by atoms with van der Waals surface area (Å²) < 4.78 is 5.22. The number of carbonyl (C=O) groups excluding carboxylic acids is 1. The zero-order chi connectivity index (χ0) is 16.9. The summed E-state index contributed by atoms with van der Waals surface area (Å²) in [5, 5.41) is 0. The number of quaternary nitrogens is 1. The van der Waals surface area contributed by atoms with Gasteiger partial charge in [-0.2, -0.15) is 0 Å². The number of ether oxygens (including phenoxy) is 1. The molecule has 1 aromatic carbocycles. The molecular weight excluding hydrogens is 300 g/mol. The van der Waals surface area contributed by atoms with Gasteiger partial charge >= 0.3 is 0 Å². The molecule has 0 radical (unpaired) electrons. The number of nitrogens with zero attached hydrogens (tertiary/aromatic N) is 1. The van der Waals surface area contributed by atoms with Gasteiger partial charge in [-0.3, -0.25) is 4.79 Å². The SMILES string of the molecule is COc1ccc(C[NH+]2CCC(C(=O)N3CCC[C@H](C)C3)CC2)cc1. The van der Waals surface area contributed by atoms with E-state index in [0.717, 1.165) is 51.3 Å². The molecule has 132 valence electrons. The van der Waals surface area contributed by atoms with Crippen molar-refractivity contribution in [2.75, 3.05) is 33.3 Å². The minimum absolute atomic E-state index is 0.259. The molecule has 1 N–H and O–H groups in total. The second-order valence-electron chi connectivity index (χ2n) is 7.58. The average molecular weight is 331 g/mol. The van der Waals surface area contributed by atoms with Crippen LogP contribution in [0.1, 0.15) is 38.2 Å². The smallest absolute Gasteiger partial charge is 0.226 e. The summed E-state index contributed by atoms with van der Waals surface area (Å²) in [5.41, 5.74) is 1.35. The highest BCUT2D eigenvalue weighted by Crippen LogP contribution is 2.21. The summed E-state index contributed by atoms with van der Waals surface area (Å²) in [6.45, 7) is 7.46. The van der Waals surface area contributed by atoms with Crippen LogP contribution in [0.4, 0.5) is 0 Å². The number of rotatable bonds is 4. The van der Waals surface area contributed by atoms with Gasteiger partial charge in [-0.15, -0.1) is 0 Å². The van der Waals surface area contributed by atoms with E-state index in [9.17, 15) is 4.79 Å². The second kappa shape index (κ2) is 8.02. The maximum atomic E-state index is 12.7. The van der Waals surface area contributed by atoms with E-state index in [2.05, 4.69) is 24.0 Å². The van der Waals surface area contributed by atoms with Crippen LogP contribution in [0.5, 0.6) is 5.75 Å². The molecule has 0 saturated carbocycles. The number of carbonyl (C=O) groups is 1. The molecule has 24 heavy (non-hydrogen) atoms. The Hall–Kier alpha value is -1.55. The molecule has 0 bridgehead atoms. The third-order valence-corrected chi connectivity index (χ3v) is 5.62. The van der Waals surface area contributed by atoms with Crippen LogP contribution in [0, 0.1) is 11.8 Å². The van der Waals surface area contributed by atoms with E-state index in [1.165, 1.54) is 18.4 Å². The van der Waals surface area contributed by atoms with Crippen LogP contribution >= 0.6 is 0 Å². The van der Waals surface area contributed by atoms with Crippen molar-refractivity contribution in [3.8, 4) is 5.75 Å². The lowest BCUT2D eigenvalue weighted by atomic mass is 9.92. The van der Waals surface area contributed by atoms with Crippen molar-refractivity contribution in [3.05, 3.63) is 29.8 Å². The number of amides is 1. The molecule has 2 heterocycles. The van der Waals surface area contributed by atoms with E-state index in [4.69, 9.17) is 4.74 Å². The maximum absolute atomic E-state index is 12.7. The number of likely N-dealkylation sites (tertiary alicyclic amines) is 2. The summed E-state index contributed by atoms with van der Waals surface area (Å²) in [4.78, 5) is 16.5. The van der Waals surface area contributed by atoms with Crippen molar-refractivity contribution >= 4 is 5.91 Å². The molecule has 2 aliphatic heterocycles. The van der Waals surface area contributed by atoms with Gasteiger partial charge in [-0.1, -0.05) is 6.92 Å². The average Bonchev–Trinajstić information content (AvgIpc) is 2.62. The molecule has 4 heteroatoms. The second-order valence-corrected chi connectivity index (χ2v) is 7.58. The lowest BCUT2D eigenvalue weighted by Gasteiger charge is -2.36. The van der Waals surface area contributed by atoms with Crippen molar-refractivity contribution in [1.29, 1.82) is 0 Å². The van der Waals surface area contributed by atoms with Crippen LogP contribution in [0.25, 0.3) is 0 Å². The molecular formula is C20H31N2O2+. The quantitative estimate of drug-likeness (QED) is 0.912. The molecule has 0 spiro atoms. The molecule has 1 aromatic rings. The highest BCUT2D eigenvalue weighted by molar-refractivity contribution is 5.79. The Morgan fingerprint density at radius 2 is 1.92 bits per heavy atom. The highest BCUT2D eigenvalue weighted by atomic mass is 16.5. The predicted octanol–water partition coefficient (Wildman–Crippen LogP) is 1.75. The van der Waals surface area contributed by atoms with E-state index in [1.807, 2.05) is 12.1 Å². The Bertz CT molecular complexity index is 535. The Morgan fingerprint density at radius 3 is 2.54 bits per heavy atom. The summed E-state index contributed by atoms with van der Waals surface area (Å²) in [6.07, 6.45) is 4.52. The van der Waals surface area contributed by atoms with Crippen molar-refractivity contribution < 1.29 is 14.4 Å². The minimum atomic E-state index is 0.259. The molecule has 0 aromatic heterocycles. The van der Waals surface area contributed by atoms with Crippen LogP contribution in [-0.2, 0) is 11.3 Å². The normalized spacial score (nSPS) is 27.8. The van der Waals surface area contributed by atoms with Crippen molar-refractivity contribution in [1.82, 2.24) is 4.90 Å². The molecule has 1 amide bonds. The number of methoxy groups -OCH3 is 1. The van der Waals surface area contributed by atoms with Crippen molar-refractivity contribution in [2.24, 2.45) is 11.8 Å². The number of hydrogen-bond acceptors (Lipinski definition) is 2. The maximum Gasteiger partial charge on any atom is 0.226 e. The fraction of sp³-hybridized carbons (Fsp3) is 0.650. The summed E-state index contributed by atoms with van der Waals surface area (Å²) in [5.74, 6) is 2.26. The van der Waals surface area contributed by atoms with Crippen LogP contribution in [-0.4, -0.2) is 44.1 Å². The lowest BCUT2D eigenvalue weighted by Crippen LogP contribution is -3.11. The van der Waals surface area contributed by atoms with E-state index >= 15 is 0 Å². The zero-order valence-corrected chi connectivity index (χ0v) is 15.1. The first-order valence-corrected chi connectivity index (χ1v) is 9.41. The Labute approximate surface area is 145 Å². The molecule has 2 aliphatic rings. The Morgan fingerprint density at radius 1 is 1.21 bits per heavy atom.